The normalized spacial score (nSPS) is 31.1. The Labute approximate surface area is 122 Å². The van der Waals surface area contributed by atoms with E-state index in [1.165, 1.54) is 30.4 Å². The molecule has 1 aromatic rings. The lowest BCUT2D eigenvalue weighted by molar-refractivity contribution is -0.131. The summed E-state index contributed by atoms with van der Waals surface area (Å²) in [5, 5.41) is 2.95. The Bertz CT molecular complexity index is 534. The van der Waals surface area contributed by atoms with Crippen molar-refractivity contribution >= 4 is 5.91 Å². The largest absolute Gasteiger partial charge is 0.358 e. The number of fused-ring (bicyclic) bond motifs is 3. The Kier molecular flexibility index (Phi) is 3.15. The van der Waals surface area contributed by atoms with E-state index in [0.29, 0.717) is 5.92 Å². The van der Waals surface area contributed by atoms with Crippen LogP contribution in [0.1, 0.15) is 57.1 Å². The van der Waals surface area contributed by atoms with E-state index in [2.05, 4.69) is 43.4 Å². The van der Waals surface area contributed by atoms with Crippen LogP contribution in [0, 0.1) is 5.92 Å². The second-order valence-corrected chi connectivity index (χ2v) is 7.13. The van der Waals surface area contributed by atoms with Crippen molar-refractivity contribution in [3.63, 3.8) is 0 Å². The highest BCUT2D eigenvalue weighted by atomic mass is 16.2. The predicted molar refractivity (Wildman–Crippen MR) is 81.8 cm³/mol. The Morgan fingerprint density at radius 2 is 1.90 bits per heavy atom. The molecule has 0 aromatic heterocycles. The first-order valence-corrected chi connectivity index (χ1v) is 7.84. The van der Waals surface area contributed by atoms with Gasteiger partial charge < -0.3 is 5.32 Å². The molecule has 0 spiro atoms. The summed E-state index contributed by atoms with van der Waals surface area (Å²) >= 11 is 0. The minimum atomic E-state index is -0.279. The van der Waals surface area contributed by atoms with Gasteiger partial charge >= 0.3 is 0 Å². The predicted octanol–water partition coefficient (Wildman–Crippen LogP) is 3.54. The summed E-state index contributed by atoms with van der Waals surface area (Å²) in [5.41, 5.74) is 2.57. The van der Waals surface area contributed by atoms with Crippen molar-refractivity contribution in [2.75, 3.05) is 7.05 Å². The third-order valence-electron chi connectivity index (χ3n) is 5.60. The smallest absolute Gasteiger partial charge is 0.230 e. The SMILES string of the molecule is CNC(=O)C12CCCCC1CC(C)(C)c1ccccc12. The second-order valence-electron chi connectivity index (χ2n) is 7.13. The number of carbonyl (C=O) groups excluding carboxylic acids is 1. The number of likely N-dealkylation sites (N-methyl/N-ethyl adjacent to an activating group) is 1. The van der Waals surface area contributed by atoms with Crippen molar-refractivity contribution in [1.29, 1.82) is 0 Å². The highest BCUT2D eigenvalue weighted by Gasteiger charge is 2.54. The summed E-state index contributed by atoms with van der Waals surface area (Å²) in [6.07, 6.45) is 5.74. The number of benzene rings is 1. The van der Waals surface area contributed by atoms with Crippen molar-refractivity contribution in [2.45, 2.75) is 56.8 Å². The Morgan fingerprint density at radius 3 is 2.60 bits per heavy atom. The zero-order valence-electron chi connectivity index (χ0n) is 12.8. The molecule has 1 N–H and O–H groups in total. The van der Waals surface area contributed by atoms with Gasteiger partial charge in [0.15, 0.2) is 0 Å². The molecule has 0 saturated heterocycles. The van der Waals surface area contributed by atoms with E-state index in [1.54, 1.807) is 7.05 Å². The van der Waals surface area contributed by atoms with Crippen LogP contribution in [0.3, 0.4) is 0 Å². The van der Waals surface area contributed by atoms with Gasteiger partial charge in [-0.15, -0.1) is 0 Å². The van der Waals surface area contributed by atoms with Gasteiger partial charge in [0, 0.05) is 7.05 Å². The maximum atomic E-state index is 12.8. The van der Waals surface area contributed by atoms with Gasteiger partial charge in [0.1, 0.15) is 0 Å². The van der Waals surface area contributed by atoms with Crippen LogP contribution in [0.5, 0.6) is 0 Å². The van der Waals surface area contributed by atoms with Gasteiger partial charge in [0.25, 0.3) is 0 Å². The first kappa shape index (κ1) is 13.7. The molecule has 1 amide bonds. The zero-order chi connectivity index (χ0) is 14.4. The molecule has 3 rings (SSSR count). The van der Waals surface area contributed by atoms with E-state index in [-0.39, 0.29) is 16.7 Å². The average Bonchev–Trinajstić information content (AvgIpc) is 2.46. The number of amides is 1. The highest BCUT2D eigenvalue weighted by Crippen LogP contribution is 2.55. The lowest BCUT2D eigenvalue weighted by Crippen LogP contribution is -2.55. The van der Waals surface area contributed by atoms with E-state index in [4.69, 9.17) is 0 Å². The molecule has 0 aliphatic heterocycles. The molecule has 2 aliphatic rings. The number of hydrogen-bond acceptors (Lipinski definition) is 1. The zero-order valence-corrected chi connectivity index (χ0v) is 12.8. The van der Waals surface area contributed by atoms with Gasteiger partial charge in [-0.2, -0.15) is 0 Å². The summed E-state index contributed by atoms with van der Waals surface area (Å²) in [6.45, 7) is 4.66. The lowest BCUT2D eigenvalue weighted by Gasteiger charge is -2.52. The van der Waals surface area contributed by atoms with Gasteiger partial charge in [0.2, 0.25) is 5.91 Å². The molecule has 2 unspecified atom stereocenters. The Morgan fingerprint density at radius 1 is 1.20 bits per heavy atom. The molecule has 2 atom stereocenters. The fourth-order valence-corrected chi connectivity index (χ4v) is 4.71. The summed E-state index contributed by atoms with van der Waals surface area (Å²) in [7, 11) is 1.78. The standard InChI is InChI=1S/C18H25NO/c1-17(2)12-13-8-6-7-11-18(13,16(20)19-3)15-10-5-4-9-14(15)17/h4-5,9-10,13H,6-8,11-12H2,1-3H3,(H,19,20). The summed E-state index contributed by atoms with van der Waals surface area (Å²) < 4.78 is 0. The van der Waals surface area contributed by atoms with Crippen LogP contribution in [0.25, 0.3) is 0 Å². The molecular weight excluding hydrogens is 246 g/mol. The van der Waals surface area contributed by atoms with Gasteiger partial charge in [-0.1, -0.05) is 51.0 Å². The van der Waals surface area contributed by atoms with Gasteiger partial charge in [0.05, 0.1) is 5.41 Å². The molecule has 0 heterocycles. The quantitative estimate of drug-likeness (QED) is 0.831. The summed E-state index contributed by atoms with van der Waals surface area (Å²) in [6, 6.07) is 8.63. The molecule has 0 radical (unpaired) electrons. The summed E-state index contributed by atoms with van der Waals surface area (Å²) in [4.78, 5) is 12.8. The van der Waals surface area contributed by atoms with Crippen molar-refractivity contribution in [1.82, 2.24) is 5.32 Å². The van der Waals surface area contributed by atoms with Crippen LogP contribution in [0.2, 0.25) is 0 Å². The molecule has 1 fully saturated rings. The monoisotopic (exact) mass is 271 g/mol. The molecular formula is C18H25NO. The Hall–Kier alpha value is -1.31. The molecule has 2 aliphatic carbocycles. The molecule has 20 heavy (non-hydrogen) atoms. The first-order chi connectivity index (χ1) is 9.52. The second kappa shape index (κ2) is 4.61. The number of nitrogens with one attached hydrogen (secondary N) is 1. The molecule has 0 bridgehead atoms. The van der Waals surface area contributed by atoms with Gasteiger partial charge in [-0.3, -0.25) is 4.79 Å². The lowest BCUT2D eigenvalue weighted by atomic mass is 9.51. The van der Waals surface area contributed by atoms with E-state index in [0.717, 1.165) is 12.8 Å². The fraction of sp³-hybridized carbons (Fsp3) is 0.611. The van der Waals surface area contributed by atoms with E-state index < -0.39 is 0 Å². The van der Waals surface area contributed by atoms with Crippen LogP contribution in [-0.2, 0) is 15.6 Å². The minimum Gasteiger partial charge on any atom is -0.358 e. The molecule has 1 aromatic carbocycles. The third kappa shape index (κ3) is 1.73. The fourth-order valence-electron chi connectivity index (χ4n) is 4.71. The van der Waals surface area contributed by atoms with Crippen LogP contribution >= 0.6 is 0 Å². The molecule has 1 saturated carbocycles. The van der Waals surface area contributed by atoms with E-state index in [9.17, 15) is 4.79 Å². The van der Waals surface area contributed by atoms with Crippen molar-refractivity contribution in [2.24, 2.45) is 5.92 Å². The molecule has 2 heteroatoms. The number of carbonyl (C=O) groups is 1. The average molecular weight is 271 g/mol. The van der Waals surface area contributed by atoms with Crippen molar-refractivity contribution in [3.05, 3.63) is 35.4 Å². The number of hydrogen-bond donors (Lipinski definition) is 1. The van der Waals surface area contributed by atoms with Crippen LogP contribution in [-0.4, -0.2) is 13.0 Å². The van der Waals surface area contributed by atoms with Crippen LogP contribution in [0.15, 0.2) is 24.3 Å². The first-order valence-electron chi connectivity index (χ1n) is 7.84. The molecule has 2 nitrogen and oxygen atoms in total. The highest BCUT2D eigenvalue weighted by molar-refractivity contribution is 5.89. The maximum Gasteiger partial charge on any atom is 0.230 e. The minimum absolute atomic E-state index is 0.177. The molecule has 108 valence electrons. The van der Waals surface area contributed by atoms with E-state index >= 15 is 0 Å². The summed E-state index contributed by atoms with van der Waals surface area (Å²) in [5.74, 6) is 0.714. The van der Waals surface area contributed by atoms with E-state index in [1.807, 2.05) is 0 Å². The third-order valence-corrected chi connectivity index (χ3v) is 5.60. The van der Waals surface area contributed by atoms with Crippen molar-refractivity contribution < 1.29 is 4.79 Å². The Balaban J connectivity index is 2.23. The van der Waals surface area contributed by atoms with Crippen molar-refractivity contribution in [3.8, 4) is 0 Å². The van der Waals surface area contributed by atoms with Crippen LogP contribution in [0.4, 0.5) is 0 Å². The van der Waals surface area contributed by atoms with Gasteiger partial charge in [-0.05, 0) is 41.7 Å². The maximum absolute atomic E-state index is 12.8. The topological polar surface area (TPSA) is 29.1 Å². The number of rotatable bonds is 1. The van der Waals surface area contributed by atoms with Crippen LogP contribution < -0.4 is 5.32 Å². The van der Waals surface area contributed by atoms with Gasteiger partial charge in [-0.25, -0.2) is 0 Å².